The Kier molecular flexibility index (Phi) is 4.08. The highest BCUT2D eigenvalue weighted by Gasteiger charge is 2.15. The molecule has 0 aliphatic carbocycles. The van der Waals surface area contributed by atoms with E-state index in [4.69, 9.17) is 0 Å². The van der Waals surface area contributed by atoms with Gasteiger partial charge >= 0.3 is 0 Å². The number of hydrogen-bond acceptors (Lipinski definition) is 4. The largest absolute Gasteiger partial charge is 0.349 e. The number of aromatic amines is 1. The average molecular weight is 237 g/mol. The standard InChI is InChI=1S/C11H19N5O/c1-9(7-16-4-2-3-5-16)6-12-11(17)10-13-8-14-15-10/h8-9H,2-7H2,1H3,(H,12,17)(H,13,14,15). The van der Waals surface area contributed by atoms with E-state index in [1.807, 2.05) is 0 Å². The molecule has 1 atom stereocenters. The Hall–Kier alpha value is -1.43. The Balaban J connectivity index is 1.68. The maximum Gasteiger partial charge on any atom is 0.288 e. The van der Waals surface area contributed by atoms with Gasteiger partial charge in [0.15, 0.2) is 0 Å². The SMILES string of the molecule is CC(CNC(=O)c1ncn[nH]1)CN1CCCC1. The fraction of sp³-hybridized carbons (Fsp3) is 0.727. The summed E-state index contributed by atoms with van der Waals surface area (Å²) >= 11 is 0. The van der Waals surface area contributed by atoms with Crippen LogP contribution in [0.25, 0.3) is 0 Å². The van der Waals surface area contributed by atoms with Crippen LogP contribution in [0.4, 0.5) is 0 Å². The lowest BCUT2D eigenvalue weighted by Gasteiger charge is -2.20. The van der Waals surface area contributed by atoms with E-state index in [0.29, 0.717) is 12.5 Å². The maximum atomic E-state index is 11.6. The molecule has 17 heavy (non-hydrogen) atoms. The number of rotatable bonds is 5. The molecule has 2 rings (SSSR count). The van der Waals surface area contributed by atoms with Crippen molar-refractivity contribution in [3.8, 4) is 0 Å². The van der Waals surface area contributed by atoms with E-state index < -0.39 is 0 Å². The molecule has 1 aliphatic heterocycles. The molecule has 1 amide bonds. The molecular formula is C11H19N5O. The Morgan fingerprint density at radius 2 is 2.35 bits per heavy atom. The first-order valence-corrected chi connectivity index (χ1v) is 6.11. The lowest BCUT2D eigenvalue weighted by atomic mass is 10.1. The highest BCUT2D eigenvalue weighted by molar-refractivity contribution is 5.90. The van der Waals surface area contributed by atoms with Gasteiger partial charge in [-0.2, -0.15) is 5.10 Å². The van der Waals surface area contributed by atoms with Crippen LogP contribution < -0.4 is 5.32 Å². The fourth-order valence-electron chi connectivity index (χ4n) is 2.14. The fourth-order valence-corrected chi connectivity index (χ4v) is 2.14. The van der Waals surface area contributed by atoms with E-state index in [9.17, 15) is 4.79 Å². The predicted octanol–water partition coefficient (Wildman–Crippen LogP) is 0.266. The van der Waals surface area contributed by atoms with Crippen LogP contribution in [0, 0.1) is 5.92 Å². The molecular weight excluding hydrogens is 218 g/mol. The molecule has 1 unspecified atom stereocenters. The minimum absolute atomic E-state index is 0.184. The van der Waals surface area contributed by atoms with Gasteiger partial charge < -0.3 is 10.2 Å². The molecule has 0 aromatic carbocycles. The highest BCUT2D eigenvalue weighted by atomic mass is 16.2. The number of H-pyrrole nitrogens is 1. The van der Waals surface area contributed by atoms with Crippen molar-refractivity contribution < 1.29 is 4.79 Å². The zero-order valence-corrected chi connectivity index (χ0v) is 10.1. The summed E-state index contributed by atoms with van der Waals surface area (Å²) in [6, 6.07) is 0. The topological polar surface area (TPSA) is 73.9 Å². The number of nitrogens with one attached hydrogen (secondary N) is 2. The second-order valence-electron chi connectivity index (χ2n) is 4.66. The number of nitrogens with zero attached hydrogens (tertiary/aromatic N) is 3. The minimum Gasteiger partial charge on any atom is -0.349 e. The Labute approximate surface area is 101 Å². The summed E-state index contributed by atoms with van der Waals surface area (Å²) in [5.41, 5.74) is 0. The zero-order valence-electron chi connectivity index (χ0n) is 10.1. The summed E-state index contributed by atoms with van der Waals surface area (Å²) in [6.07, 6.45) is 3.94. The first-order valence-electron chi connectivity index (χ1n) is 6.11. The molecule has 0 bridgehead atoms. The predicted molar refractivity (Wildman–Crippen MR) is 63.6 cm³/mol. The van der Waals surface area contributed by atoms with E-state index in [2.05, 4.69) is 32.3 Å². The van der Waals surface area contributed by atoms with Crippen LogP contribution in [0.1, 0.15) is 30.4 Å². The molecule has 1 saturated heterocycles. The second-order valence-corrected chi connectivity index (χ2v) is 4.66. The lowest BCUT2D eigenvalue weighted by Crippen LogP contribution is -2.34. The number of aromatic nitrogens is 3. The van der Waals surface area contributed by atoms with Crippen LogP contribution in [0.2, 0.25) is 0 Å². The van der Waals surface area contributed by atoms with Crippen molar-refractivity contribution in [1.82, 2.24) is 25.4 Å². The number of carbonyl (C=O) groups is 1. The molecule has 1 aromatic heterocycles. The number of carbonyl (C=O) groups excluding carboxylic acids is 1. The van der Waals surface area contributed by atoms with Crippen molar-refractivity contribution >= 4 is 5.91 Å². The van der Waals surface area contributed by atoms with Crippen molar-refractivity contribution in [3.05, 3.63) is 12.2 Å². The van der Waals surface area contributed by atoms with Gasteiger partial charge in [-0.1, -0.05) is 6.92 Å². The third kappa shape index (κ3) is 3.52. The summed E-state index contributed by atoms with van der Waals surface area (Å²) in [5.74, 6) is 0.550. The molecule has 0 saturated carbocycles. The highest BCUT2D eigenvalue weighted by Crippen LogP contribution is 2.09. The van der Waals surface area contributed by atoms with Gasteiger partial charge in [0, 0.05) is 13.1 Å². The lowest BCUT2D eigenvalue weighted by molar-refractivity contribution is 0.0935. The average Bonchev–Trinajstić information content (AvgIpc) is 2.97. The third-order valence-corrected chi connectivity index (χ3v) is 3.01. The smallest absolute Gasteiger partial charge is 0.288 e. The van der Waals surface area contributed by atoms with E-state index in [-0.39, 0.29) is 11.7 Å². The van der Waals surface area contributed by atoms with Gasteiger partial charge in [0.25, 0.3) is 5.91 Å². The summed E-state index contributed by atoms with van der Waals surface area (Å²) in [5, 5.41) is 9.06. The van der Waals surface area contributed by atoms with Crippen LogP contribution in [-0.2, 0) is 0 Å². The van der Waals surface area contributed by atoms with Gasteiger partial charge in [-0.15, -0.1) is 0 Å². The summed E-state index contributed by atoms with van der Waals surface area (Å²) in [6.45, 7) is 6.27. The second kappa shape index (κ2) is 5.77. The van der Waals surface area contributed by atoms with E-state index in [0.717, 1.165) is 6.54 Å². The van der Waals surface area contributed by atoms with E-state index in [1.54, 1.807) is 0 Å². The third-order valence-electron chi connectivity index (χ3n) is 3.01. The van der Waals surface area contributed by atoms with Gasteiger partial charge in [-0.25, -0.2) is 4.98 Å². The van der Waals surface area contributed by atoms with Crippen molar-refractivity contribution in [2.75, 3.05) is 26.2 Å². The van der Waals surface area contributed by atoms with Crippen LogP contribution in [0.5, 0.6) is 0 Å². The molecule has 94 valence electrons. The first kappa shape index (κ1) is 12.0. The maximum absolute atomic E-state index is 11.6. The Bertz CT molecular complexity index is 345. The molecule has 1 aliphatic rings. The van der Waals surface area contributed by atoms with Crippen LogP contribution >= 0.6 is 0 Å². The molecule has 2 heterocycles. The Morgan fingerprint density at radius 3 is 3.00 bits per heavy atom. The van der Waals surface area contributed by atoms with Gasteiger partial charge in [-0.3, -0.25) is 9.89 Å². The molecule has 6 heteroatoms. The minimum atomic E-state index is -0.184. The van der Waals surface area contributed by atoms with Crippen molar-refractivity contribution in [1.29, 1.82) is 0 Å². The quantitative estimate of drug-likeness (QED) is 0.770. The van der Waals surface area contributed by atoms with Crippen LogP contribution in [0.3, 0.4) is 0 Å². The molecule has 2 N–H and O–H groups in total. The van der Waals surface area contributed by atoms with Gasteiger partial charge in [0.2, 0.25) is 5.82 Å². The number of amides is 1. The molecule has 6 nitrogen and oxygen atoms in total. The molecule has 1 fully saturated rings. The molecule has 0 radical (unpaired) electrons. The molecule has 0 spiro atoms. The first-order chi connectivity index (χ1) is 8.25. The number of hydrogen-bond donors (Lipinski definition) is 2. The van der Waals surface area contributed by atoms with Gasteiger partial charge in [0.05, 0.1) is 0 Å². The van der Waals surface area contributed by atoms with E-state index >= 15 is 0 Å². The van der Waals surface area contributed by atoms with Crippen molar-refractivity contribution in [2.45, 2.75) is 19.8 Å². The van der Waals surface area contributed by atoms with Crippen LogP contribution in [-0.4, -0.2) is 52.2 Å². The summed E-state index contributed by atoms with van der Waals surface area (Å²) in [4.78, 5) is 17.8. The molecule has 1 aromatic rings. The van der Waals surface area contributed by atoms with Crippen molar-refractivity contribution in [2.24, 2.45) is 5.92 Å². The van der Waals surface area contributed by atoms with E-state index in [1.165, 1.54) is 32.3 Å². The Morgan fingerprint density at radius 1 is 1.59 bits per heavy atom. The summed E-state index contributed by atoms with van der Waals surface area (Å²) in [7, 11) is 0. The van der Waals surface area contributed by atoms with Gasteiger partial charge in [-0.05, 0) is 31.8 Å². The van der Waals surface area contributed by atoms with Crippen LogP contribution in [0.15, 0.2) is 6.33 Å². The van der Waals surface area contributed by atoms with Crippen molar-refractivity contribution in [3.63, 3.8) is 0 Å². The normalized spacial score (nSPS) is 18.2. The van der Waals surface area contributed by atoms with Gasteiger partial charge in [0.1, 0.15) is 6.33 Å². The monoisotopic (exact) mass is 237 g/mol. The zero-order chi connectivity index (χ0) is 12.1. The summed E-state index contributed by atoms with van der Waals surface area (Å²) < 4.78 is 0. The number of likely N-dealkylation sites (tertiary alicyclic amines) is 1.